The molecule has 0 aromatic heterocycles. The summed E-state index contributed by atoms with van der Waals surface area (Å²) in [5.41, 5.74) is 5.74. The highest BCUT2D eigenvalue weighted by molar-refractivity contribution is 6.07. The van der Waals surface area contributed by atoms with Crippen LogP contribution in [0.2, 0.25) is 0 Å². The highest BCUT2D eigenvalue weighted by Gasteiger charge is 2.25. The van der Waals surface area contributed by atoms with Crippen molar-refractivity contribution >= 4 is 22.1 Å². The van der Waals surface area contributed by atoms with Crippen LogP contribution in [0.25, 0.3) is 10.8 Å². The van der Waals surface area contributed by atoms with Gasteiger partial charge in [0.15, 0.2) is 0 Å². The Labute approximate surface area is 165 Å². The smallest absolute Gasteiger partial charge is 0.0897 e. The van der Waals surface area contributed by atoms with Crippen molar-refractivity contribution in [1.29, 1.82) is 0 Å². The fraction of sp³-hybridized carbons (Fsp3) is 0.565. The van der Waals surface area contributed by atoms with Crippen molar-refractivity contribution in [3.05, 3.63) is 35.4 Å². The minimum Gasteiger partial charge on any atom is -0.356 e. The van der Waals surface area contributed by atoms with Gasteiger partial charge in [0, 0.05) is 32.6 Å². The number of nitrogens with zero attached hydrogens (tertiary/aromatic N) is 4. The lowest BCUT2D eigenvalue weighted by Crippen LogP contribution is -2.38. The lowest BCUT2D eigenvalue weighted by Gasteiger charge is -2.39. The average molecular weight is 369 g/mol. The summed E-state index contributed by atoms with van der Waals surface area (Å²) < 4.78 is 0. The quantitative estimate of drug-likeness (QED) is 0.686. The standard InChI is InChI=1S/C23H36N4/c1-7-26(8-2)15-19-13-11-18-12-14-20(16-27(9-3)10-4)23-21(18)22(19)24(5)17-25(23)6/h11-14H,7-10,15-17H2,1-6H3. The zero-order chi connectivity index (χ0) is 19.6. The Bertz CT molecular complexity index is 717. The molecule has 0 N–H and O–H groups in total. The molecule has 4 nitrogen and oxygen atoms in total. The van der Waals surface area contributed by atoms with Crippen molar-refractivity contribution in [1.82, 2.24) is 9.80 Å². The van der Waals surface area contributed by atoms with Crippen LogP contribution in [0.3, 0.4) is 0 Å². The van der Waals surface area contributed by atoms with Crippen LogP contribution in [-0.4, -0.2) is 56.7 Å². The van der Waals surface area contributed by atoms with E-state index < -0.39 is 0 Å². The Kier molecular flexibility index (Phi) is 6.28. The van der Waals surface area contributed by atoms with Gasteiger partial charge in [-0.25, -0.2) is 0 Å². The van der Waals surface area contributed by atoms with Gasteiger partial charge >= 0.3 is 0 Å². The van der Waals surface area contributed by atoms with Crippen molar-refractivity contribution in [2.24, 2.45) is 0 Å². The van der Waals surface area contributed by atoms with E-state index in [1.165, 1.54) is 33.3 Å². The molecule has 1 aliphatic heterocycles. The predicted molar refractivity (Wildman–Crippen MR) is 119 cm³/mol. The summed E-state index contributed by atoms with van der Waals surface area (Å²) in [6, 6.07) is 9.31. The molecular weight excluding hydrogens is 332 g/mol. The van der Waals surface area contributed by atoms with Crippen molar-refractivity contribution in [3.63, 3.8) is 0 Å². The Morgan fingerprint density at radius 1 is 0.704 bits per heavy atom. The molecule has 0 spiro atoms. The highest BCUT2D eigenvalue weighted by atomic mass is 15.3. The van der Waals surface area contributed by atoms with E-state index >= 15 is 0 Å². The second-order valence-corrected chi connectivity index (χ2v) is 7.70. The third kappa shape index (κ3) is 3.78. The van der Waals surface area contributed by atoms with Gasteiger partial charge in [0.1, 0.15) is 0 Å². The monoisotopic (exact) mass is 368 g/mol. The Morgan fingerprint density at radius 3 is 1.48 bits per heavy atom. The van der Waals surface area contributed by atoms with Crippen LogP contribution >= 0.6 is 0 Å². The van der Waals surface area contributed by atoms with Crippen molar-refractivity contribution in [2.45, 2.75) is 40.8 Å². The maximum absolute atomic E-state index is 2.50. The maximum Gasteiger partial charge on any atom is 0.0897 e. The van der Waals surface area contributed by atoms with E-state index in [1.807, 2.05) is 0 Å². The molecule has 0 unspecified atom stereocenters. The molecule has 0 aliphatic carbocycles. The SMILES string of the molecule is CCN(CC)Cc1ccc2ccc(CN(CC)CC)c3c2c1N(C)CN3C. The number of benzene rings is 2. The van der Waals surface area contributed by atoms with E-state index in [2.05, 4.69) is 85.7 Å². The van der Waals surface area contributed by atoms with Gasteiger partial charge in [-0.3, -0.25) is 9.80 Å². The fourth-order valence-electron chi connectivity index (χ4n) is 4.43. The first-order valence-electron chi connectivity index (χ1n) is 10.5. The van der Waals surface area contributed by atoms with Gasteiger partial charge in [0.25, 0.3) is 0 Å². The molecule has 3 rings (SSSR count). The van der Waals surface area contributed by atoms with E-state index in [0.717, 1.165) is 45.9 Å². The van der Waals surface area contributed by atoms with Crippen molar-refractivity contribution in [3.8, 4) is 0 Å². The number of hydrogen-bond donors (Lipinski definition) is 0. The van der Waals surface area contributed by atoms with Gasteiger partial charge < -0.3 is 9.80 Å². The summed E-state index contributed by atoms with van der Waals surface area (Å²) in [4.78, 5) is 9.86. The summed E-state index contributed by atoms with van der Waals surface area (Å²) in [5.74, 6) is 0. The third-order valence-corrected chi connectivity index (χ3v) is 6.06. The molecule has 27 heavy (non-hydrogen) atoms. The van der Waals surface area contributed by atoms with Gasteiger partial charge in [-0.05, 0) is 42.7 Å². The van der Waals surface area contributed by atoms with Gasteiger partial charge in [-0.1, -0.05) is 52.0 Å². The lowest BCUT2D eigenvalue weighted by molar-refractivity contribution is 0.295. The third-order valence-electron chi connectivity index (χ3n) is 6.06. The van der Waals surface area contributed by atoms with Crippen LogP contribution in [0.5, 0.6) is 0 Å². The summed E-state index contributed by atoms with van der Waals surface area (Å²) in [7, 11) is 4.47. The molecule has 0 atom stereocenters. The lowest BCUT2D eigenvalue weighted by atomic mass is 9.95. The van der Waals surface area contributed by atoms with Crippen LogP contribution in [0, 0.1) is 0 Å². The normalized spacial score (nSPS) is 14.1. The first kappa shape index (κ1) is 20.0. The van der Waals surface area contributed by atoms with Crippen molar-refractivity contribution < 1.29 is 0 Å². The molecule has 0 amide bonds. The molecule has 1 heterocycles. The zero-order valence-corrected chi connectivity index (χ0v) is 18.0. The van der Waals surface area contributed by atoms with Gasteiger partial charge in [0.05, 0.1) is 18.0 Å². The molecule has 0 fully saturated rings. The second kappa shape index (κ2) is 8.49. The summed E-state index contributed by atoms with van der Waals surface area (Å²) in [5, 5.41) is 2.78. The Hall–Kier alpha value is -1.78. The molecule has 0 radical (unpaired) electrons. The first-order valence-corrected chi connectivity index (χ1v) is 10.5. The molecular formula is C23H36N4. The van der Waals surface area contributed by atoms with Crippen LogP contribution in [0.15, 0.2) is 24.3 Å². The van der Waals surface area contributed by atoms with Gasteiger partial charge in [-0.2, -0.15) is 0 Å². The topological polar surface area (TPSA) is 13.0 Å². The molecule has 2 aromatic carbocycles. The Morgan fingerprint density at radius 2 is 1.11 bits per heavy atom. The minimum absolute atomic E-state index is 0.937. The van der Waals surface area contributed by atoms with E-state index in [0.29, 0.717) is 0 Å². The predicted octanol–water partition coefficient (Wildman–Crippen LogP) is 4.37. The highest BCUT2D eigenvalue weighted by Crippen LogP contribution is 2.43. The molecule has 2 aromatic rings. The summed E-state index contributed by atoms with van der Waals surface area (Å²) >= 11 is 0. The molecule has 0 saturated carbocycles. The summed E-state index contributed by atoms with van der Waals surface area (Å²) in [6.45, 7) is 16.3. The molecule has 1 aliphatic rings. The first-order chi connectivity index (χ1) is 13.0. The zero-order valence-electron chi connectivity index (χ0n) is 18.0. The maximum atomic E-state index is 2.50. The molecule has 0 saturated heterocycles. The van der Waals surface area contributed by atoms with E-state index in [1.54, 1.807) is 0 Å². The minimum atomic E-state index is 0.937. The molecule has 148 valence electrons. The van der Waals surface area contributed by atoms with E-state index in [9.17, 15) is 0 Å². The molecule has 0 bridgehead atoms. The van der Waals surface area contributed by atoms with E-state index in [-0.39, 0.29) is 0 Å². The largest absolute Gasteiger partial charge is 0.356 e. The number of hydrogen-bond acceptors (Lipinski definition) is 4. The number of anilines is 2. The second-order valence-electron chi connectivity index (χ2n) is 7.70. The fourth-order valence-corrected chi connectivity index (χ4v) is 4.43. The van der Waals surface area contributed by atoms with E-state index in [4.69, 9.17) is 0 Å². The van der Waals surface area contributed by atoms with Gasteiger partial charge in [0.2, 0.25) is 0 Å². The Balaban J connectivity index is 2.17. The average Bonchev–Trinajstić information content (AvgIpc) is 2.68. The van der Waals surface area contributed by atoms with Crippen LogP contribution in [-0.2, 0) is 13.1 Å². The van der Waals surface area contributed by atoms with Crippen LogP contribution < -0.4 is 9.80 Å². The van der Waals surface area contributed by atoms with Crippen LogP contribution in [0.1, 0.15) is 38.8 Å². The molecule has 4 heteroatoms. The van der Waals surface area contributed by atoms with Crippen LogP contribution in [0.4, 0.5) is 11.4 Å². The van der Waals surface area contributed by atoms with Crippen molar-refractivity contribution in [2.75, 3.05) is 56.7 Å². The summed E-state index contributed by atoms with van der Waals surface area (Å²) in [6.07, 6.45) is 0. The number of rotatable bonds is 8. The van der Waals surface area contributed by atoms with Gasteiger partial charge in [-0.15, -0.1) is 0 Å².